The molecular weight excluding hydrogens is 384 g/mol. The Balaban J connectivity index is 1.79. The fourth-order valence-corrected chi connectivity index (χ4v) is 3.44. The van der Waals surface area contributed by atoms with E-state index >= 15 is 0 Å². The number of para-hydroxylation sites is 1. The number of fused-ring (bicyclic) bond motifs is 3. The first kappa shape index (κ1) is 19.7. The van der Waals surface area contributed by atoms with Crippen LogP contribution in [-0.2, 0) is 14.1 Å². The van der Waals surface area contributed by atoms with Crippen LogP contribution in [0.1, 0.15) is 11.4 Å². The Morgan fingerprint density at radius 1 is 1.20 bits per heavy atom. The van der Waals surface area contributed by atoms with Gasteiger partial charge in [-0.3, -0.25) is 5.01 Å². The molecule has 0 radical (unpaired) electrons. The van der Waals surface area contributed by atoms with Gasteiger partial charge in [0.25, 0.3) is 0 Å². The van der Waals surface area contributed by atoms with Crippen LogP contribution in [0.5, 0.6) is 5.75 Å². The molecule has 8 nitrogen and oxygen atoms in total. The predicted molar refractivity (Wildman–Crippen MR) is 115 cm³/mol. The molecule has 0 amide bonds. The number of hydrogen-bond donors (Lipinski definition) is 2. The standard InChI is InChI=1S/C22H22N4O4/c1-14-10-15(25(3)22(29)24(14)2)13-23-26(8-9-27)18-12-21-17(11-19(18)28)16-6-4-5-7-20(16)30-21/h4-7,10-13,27H,8-9H2,1-3H3/p+1. The quantitative estimate of drug-likeness (QED) is 0.300. The molecule has 4 rings (SSSR count). The second-order valence-corrected chi connectivity index (χ2v) is 7.14. The molecule has 0 bridgehead atoms. The van der Waals surface area contributed by atoms with Crippen LogP contribution >= 0.6 is 0 Å². The van der Waals surface area contributed by atoms with Crippen molar-refractivity contribution in [3.63, 3.8) is 0 Å². The highest BCUT2D eigenvalue weighted by atomic mass is 16.3. The Morgan fingerprint density at radius 3 is 2.73 bits per heavy atom. The monoisotopic (exact) mass is 407 g/mol. The molecule has 8 heteroatoms. The summed E-state index contributed by atoms with van der Waals surface area (Å²) < 4.78 is 8.93. The number of hydrogen-bond acceptors (Lipinski definition) is 6. The molecule has 0 atom stereocenters. The number of furan rings is 1. The van der Waals surface area contributed by atoms with Crippen molar-refractivity contribution in [2.75, 3.05) is 18.2 Å². The number of hydrazone groups is 1. The number of rotatable bonds is 5. The van der Waals surface area contributed by atoms with Crippen LogP contribution in [0.2, 0.25) is 0 Å². The third-order valence-corrected chi connectivity index (χ3v) is 5.24. The summed E-state index contributed by atoms with van der Waals surface area (Å²) >= 11 is 0. The number of aromatic hydroxyl groups is 1. The number of anilines is 1. The Bertz CT molecular complexity index is 1340. The van der Waals surface area contributed by atoms with E-state index in [0.29, 0.717) is 17.0 Å². The Morgan fingerprint density at radius 2 is 1.97 bits per heavy atom. The van der Waals surface area contributed by atoms with Gasteiger partial charge in [-0.05, 0) is 19.1 Å². The largest absolute Gasteiger partial charge is 0.506 e. The highest BCUT2D eigenvalue weighted by Crippen LogP contribution is 2.37. The molecule has 2 aromatic carbocycles. The van der Waals surface area contributed by atoms with Gasteiger partial charge in [0.15, 0.2) is 5.69 Å². The number of aliphatic hydroxyl groups excluding tert-OH is 1. The van der Waals surface area contributed by atoms with Crippen LogP contribution < -0.4 is 15.3 Å². The van der Waals surface area contributed by atoms with Gasteiger partial charge in [-0.15, -0.1) is 0 Å². The van der Waals surface area contributed by atoms with E-state index in [4.69, 9.17) is 4.42 Å². The Kier molecular flexibility index (Phi) is 5.01. The molecule has 0 saturated carbocycles. The van der Waals surface area contributed by atoms with Crippen molar-refractivity contribution in [2.45, 2.75) is 6.92 Å². The maximum Gasteiger partial charge on any atom is 0.498 e. The summed E-state index contributed by atoms with van der Waals surface area (Å²) in [6.45, 7) is 1.82. The van der Waals surface area contributed by atoms with Crippen molar-refractivity contribution in [3.05, 3.63) is 64.3 Å². The number of aryl methyl sites for hydroxylation is 1. The van der Waals surface area contributed by atoms with Crippen molar-refractivity contribution in [2.24, 2.45) is 19.2 Å². The zero-order valence-corrected chi connectivity index (χ0v) is 17.0. The van der Waals surface area contributed by atoms with Crippen molar-refractivity contribution >= 4 is 33.8 Å². The van der Waals surface area contributed by atoms with Gasteiger partial charge in [0.2, 0.25) is 0 Å². The van der Waals surface area contributed by atoms with Gasteiger partial charge in [0.05, 0.1) is 33.5 Å². The molecule has 0 aliphatic rings. The number of aromatic nitrogens is 2. The SMILES string of the molecule is Cc1cc(C=NN(CCO)c2cc3oc4ccccc4c3cc2O)[n+](C)c(=O)n1C. The lowest BCUT2D eigenvalue weighted by molar-refractivity contribution is -0.691. The van der Waals surface area contributed by atoms with E-state index in [0.717, 1.165) is 22.0 Å². The van der Waals surface area contributed by atoms with Gasteiger partial charge in [0, 0.05) is 22.9 Å². The first-order valence-electron chi connectivity index (χ1n) is 9.54. The molecule has 2 heterocycles. The zero-order valence-electron chi connectivity index (χ0n) is 17.0. The van der Waals surface area contributed by atoms with E-state index in [-0.39, 0.29) is 24.6 Å². The third kappa shape index (κ3) is 3.31. The second kappa shape index (κ2) is 7.64. The topological polar surface area (TPSA) is 95.1 Å². The van der Waals surface area contributed by atoms with Gasteiger partial charge in [-0.2, -0.15) is 19.0 Å². The molecule has 0 unspecified atom stereocenters. The summed E-state index contributed by atoms with van der Waals surface area (Å²) in [5, 5.41) is 27.8. The van der Waals surface area contributed by atoms with Gasteiger partial charge in [-0.1, -0.05) is 18.2 Å². The molecular formula is C22H23N4O4+. The van der Waals surface area contributed by atoms with Crippen molar-refractivity contribution in [1.29, 1.82) is 0 Å². The summed E-state index contributed by atoms with van der Waals surface area (Å²) in [6.07, 6.45) is 1.53. The maximum atomic E-state index is 12.3. The molecule has 0 aliphatic heterocycles. The van der Waals surface area contributed by atoms with E-state index in [9.17, 15) is 15.0 Å². The average molecular weight is 407 g/mol. The highest BCUT2D eigenvalue weighted by Gasteiger charge is 2.17. The minimum absolute atomic E-state index is 0.0178. The summed E-state index contributed by atoms with van der Waals surface area (Å²) in [7, 11) is 3.37. The lowest BCUT2D eigenvalue weighted by atomic mass is 10.1. The molecule has 0 fully saturated rings. The first-order valence-corrected chi connectivity index (χ1v) is 9.54. The summed E-state index contributed by atoms with van der Waals surface area (Å²) in [5.74, 6) is 0.0178. The highest BCUT2D eigenvalue weighted by molar-refractivity contribution is 6.06. The summed E-state index contributed by atoms with van der Waals surface area (Å²) in [4.78, 5) is 12.3. The molecule has 4 aromatic rings. The molecule has 2 aromatic heterocycles. The van der Waals surface area contributed by atoms with Crippen molar-refractivity contribution in [1.82, 2.24) is 4.57 Å². The fourth-order valence-electron chi connectivity index (χ4n) is 3.44. The van der Waals surface area contributed by atoms with E-state index < -0.39 is 0 Å². The Hall–Kier alpha value is -3.65. The smallest absolute Gasteiger partial charge is 0.498 e. The number of benzene rings is 2. The van der Waals surface area contributed by atoms with Gasteiger partial charge in [0.1, 0.15) is 28.3 Å². The van der Waals surface area contributed by atoms with Crippen LogP contribution in [0.15, 0.2) is 56.8 Å². The van der Waals surface area contributed by atoms with Gasteiger partial charge < -0.3 is 14.6 Å². The number of aliphatic hydroxyl groups is 1. The Labute approximate surface area is 172 Å². The van der Waals surface area contributed by atoms with Gasteiger partial charge in [-0.25, -0.2) is 0 Å². The van der Waals surface area contributed by atoms with E-state index in [1.165, 1.54) is 15.8 Å². The normalized spacial score (nSPS) is 11.7. The molecule has 0 aliphatic carbocycles. The number of nitrogens with zero attached hydrogens (tertiary/aromatic N) is 4. The fraction of sp³-hybridized carbons (Fsp3) is 0.227. The minimum Gasteiger partial charge on any atom is -0.506 e. The predicted octanol–water partition coefficient (Wildman–Crippen LogP) is 1.96. The molecule has 0 spiro atoms. The summed E-state index contributed by atoms with van der Waals surface area (Å²) in [5.41, 5.74) is 2.95. The number of phenolic OH excluding ortho intramolecular Hbond substituents is 1. The van der Waals surface area contributed by atoms with Crippen LogP contribution in [0.3, 0.4) is 0 Å². The first-order chi connectivity index (χ1) is 14.4. The van der Waals surface area contributed by atoms with Crippen molar-refractivity contribution in [3.8, 4) is 5.75 Å². The van der Waals surface area contributed by atoms with Crippen LogP contribution in [-0.4, -0.2) is 34.1 Å². The number of phenols is 1. The molecule has 30 heavy (non-hydrogen) atoms. The van der Waals surface area contributed by atoms with E-state index in [1.807, 2.05) is 37.3 Å². The molecule has 0 saturated heterocycles. The van der Waals surface area contributed by atoms with E-state index in [2.05, 4.69) is 5.10 Å². The minimum atomic E-state index is -0.170. The lowest BCUT2D eigenvalue weighted by Gasteiger charge is -2.19. The van der Waals surface area contributed by atoms with Gasteiger partial charge >= 0.3 is 5.69 Å². The van der Waals surface area contributed by atoms with E-state index in [1.54, 1.807) is 30.8 Å². The zero-order chi connectivity index (χ0) is 21.4. The average Bonchev–Trinajstić information content (AvgIpc) is 3.10. The lowest BCUT2D eigenvalue weighted by Crippen LogP contribution is -2.54. The van der Waals surface area contributed by atoms with Crippen molar-refractivity contribution < 1.29 is 19.2 Å². The maximum absolute atomic E-state index is 12.3. The molecule has 2 N–H and O–H groups in total. The van der Waals surface area contributed by atoms with Crippen LogP contribution in [0.25, 0.3) is 21.9 Å². The second-order valence-electron chi connectivity index (χ2n) is 7.14. The molecule has 154 valence electrons. The summed E-state index contributed by atoms with van der Waals surface area (Å²) in [6, 6.07) is 12.8. The third-order valence-electron chi connectivity index (χ3n) is 5.24. The van der Waals surface area contributed by atoms with Crippen LogP contribution in [0.4, 0.5) is 5.69 Å². The van der Waals surface area contributed by atoms with Crippen LogP contribution in [0, 0.1) is 6.92 Å².